The van der Waals surface area contributed by atoms with Gasteiger partial charge in [0, 0.05) is 27.4 Å². The molecule has 0 fully saturated rings. The molecule has 0 aliphatic rings. The Morgan fingerprint density at radius 2 is 2.19 bits per heavy atom. The Bertz CT molecular complexity index is 479. The van der Waals surface area contributed by atoms with Crippen LogP contribution in [0.2, 0.25) is 9.49 Å². The Labute approximate surface area is 112 Å². The number of rotatable bonds is 3. The number of benzene rings is 1. The van der Waals surface area contributed by atoms with Gasteiger partial charge in [0.05, 0.1) is 5.02 Å². The molecular weight excluding hydrogens is 283 g/mol. The maximum Gasteiger partial charge on any atom is 0.183 e. The van der Waals surface area contributed by atoms with Crippen LogP contribution in [-0.2, 0) is 5.75 Å². The van der Waals surface area contributed by atoms with E-state index in [0.29, 0.717) is 15.2 Å². The molecule has 16 heavy (non-hydrogen) atoms. The topological polar surface area (TPSA) is 38.9 Å². The third-order valence-corrected chi connectivity index (χ3v) is 4.81. The van der Waals surface area contributed by atoms with Crippen molar-refractivity contribution in [2.45, 2.75) is 10.6 Å². The number of nitrogens with two attached hydrogens (primary N) is 1. The molecule has 1 heterocycles. The van der Waals surface area contributed by atoms with Gasteiger partial charge in [-0.05, 0) is 12.1 Å². The molecule has 0 bridgehead atoms. The van der Waals surface area contributed by atoms with E-state index in [-0.39, 0.29) is 0 Å². The molecular formula is C10H8Cl2N2S2. The first-order valence-electron chi connectivity index (χ1n) is 4.44. The maximum atomic E-state index is 6.06. The molecule has 2 nitrogen and oxygen atoms in total. The lowest BCUT2D eigenvalue weighted by molar-refractivity contribution is 1.36. The summed E-state index contributed by atoms with van der Waals surface area (Å²) in [6.45, 7) is 0. The minimum Gasteiger partial charge on any atom is -0.398 e. The van der Waals surface area contributed by atoms with Crippen molar-refractivity contribution in [2.75, 3.05) is 5.73 Å². The summed E-state index contributed by atoms with van der Waals surface area (Å²) in [5.74, 6) is 0.776. The van der Waals surface area contributed by atoms with Crippen molar-refractivity contribution >= 4 is 52.0 Å². The van der Waals surface area contributed by atoms with E-state index in [1.54, 1.807) is 18.0 Å². The molecule has 2 aromatic rings. The van der Waals surface area contributed by atoms with Crippen LogP contribution >= 0.6 is 46.3 Å². The highest BCUT2D eigenvalue weighted by atomic mass is 35.5. The Morgan fingerprint density at radius 1 is 1.38 bits per heavy atom. The summed E-state index contributed by atoms with van der Waals surface area (Å²) in [4.78, 5) is 6.00. The van der Waals surface area contributed by atoms with Crippen LogP contribution in [0.1, 0.15) is 4.88 Å². The number of aromatic nitrogens is 1. The number of thioether (sulfide) groups is 1. The number of hydrogen-bond acceptors (Lipinski definition) is 4. The van der Waals surface area contributed by atoms with Crippen molar-refractivity contribution in [1.82, 2.24) is 4.98 Å². The van der Waals surface area contributed by atoms with Gasteiger partial charge in [-0.2, -0.15) is 0 Å². The van der Waals surface area contributed by atoms with Crippen LogP contribution < -0.4 is 5.73 Å². The lowest BCUT2D eigenvalue weighted by atomic mass is 10.3. The van der Waals surface area contributed by atoms with E-state index in [1.165, 1.54) is 11.3 Å². The number of anilines is 1. The summed E-state index contributed by atoms with van der Waals surface area (Å²) in [6, 6.07) is 5.51. The first kappa shape index (κ1) is 12.0. The van der Waals surface area contributed by atoms with Gasteiger partial charge in [0.25, 0.3) is 0 Å². The molecule has 84 valence electrons. The average molecular weight is 291 g/mol. The average Bonchev–Trinajstić information content (AvgIpc) is 2.63. The van der Waals surface area contributed by atoms with Crippen LogP contribution in [0.5, 0.6) is 0 Å². The molecule has 0 aliphatic heterocycles. The van der Waals surface area contributed by atoms with E-state index in [9.17, 15) is 0 Å². The SMILES string of the molecule is Nc1cccc(Cl)c1SCc1cnc(Cl)s1. The van der Waals surface area contributed by atoms with Crippen LogP contribution in [0.4, 0.5) is 5.69 Å². The second kappa shape index (κ2) is 5.27. The summed E-state index contributed by atoms with van der Waals surface area (Å²) >= 11 is 14.9. The monoisotopic (exact) mass is 290 g/mol. The van der Waals surface area contributed by atoms with Crippen molar-refractivity contribution in [3.8, 4) is 0 Å². The highest BCUT2D eigenvalue weighted by Gasteiger charge is 2.07. The predicted octanol–water partition coefficient (Wildman–Crippen LogP) is 4.32. The normalized spacial score (nSPS) is 10.6. The van der Waals surface area contributed by atoms with Gasteiger partial charge in [0.1, 0.15) is 0 Å². The van der Waals surface area contributed by atoms with E-state index in [0.717, 1.165) is 15.5 Å². The smallest absolute Gasteiger partial charge is 0.183 e. The van der Waals surface area contributed by atoms with Crippen LogP contribution in [0.15, 0.2) is 29.3 Å². The maximum absolute atomic E-state index is 6.06. The second-order valence-electron chi connectivity index (χ2n) is 3.03. The van der Waals surface area contributed by atoms with Crippen LogP contribution in [0.3, 0.4) is 0 Å². The number of nitrogens with zero attached hydrogens (tertiary/aromatic N) is 1. The summed E-state index contributed by atoms with van der Waals surface area (Å²) in [5, 5.41) is 0.681. The van der Waals surface area contributed by atoms with Crippen LogP contribution in [0.25, 0.3) is 0 Å². The summed E-state index contributed by atoms with van der Waals surface area (Å²) < 4.78 is 0.558. The Hall–Kier alpha value is -0.420. The van der Waals surface area contributed by atoms with Crippen LogP contribution in [0, 0.1) is 0 Å². The van der Waals surface area contributed by atoms with Gasteiger partial charge in [-0.15, -0.1) is 23.1 Å². The predicted molar refractivity (Wildman–Crippen MR) is 72.5 cm³/mol. The quantitative estimate of drug-likeness (QED) is 0.676. The molecule has 0 saturated heterocycles. The highest BCUT2D eigenvalue weighted by molar-refractivity contribution is 7.99. The summed E-state index contributed by atoms with van der Waals surface area (Å²) in [7, 11) is 0. The van der Waals surface area contributed by atoms with Crippen molar-refractivity contribution in [3.05, 3.63) is 38.8 Å². The molecule has 0 amide bonds. The van der Waals surface area contributed by atoms with E-state index >= 15 is 0 Å². The minimum atomic E-state index is 0.558. The molecule has 2 rings (SSSR count). The largest absolute Gasteiger partial charge is 0.398 e. The van der Waals surface area contributed by atoms with Gasteiger partial charge in [0.2, 0.25) is 0 Å². The zero-order chi connectivity index (χ0) is 11.5. The summed E-state index contributed by atoms with van der Waals surface area (Å²) in [6.07, 6.45) is 1.77. The van der Waals surface area contributed by atoms with E-state index in [2.05, 4.69) is 4.98 Å². The minimum absolute atomic E-state index is 0.558. The Balaban J connectivity index is 2.10. The lowest BCUT2D eigenvalue weighted by Crippen LogP contribution is -1.88. The molecule has 0 atom stereocenters. The Morgan fingerprint density at radius 3 is 2.81 bits per heavy atom. The molecule has 6 heteroatoms. The fourth-order valence-electron chi connectivity index (χ4n) is 1.17. The first-order valence-corrected chi connectivity index (χ1v) is 6.99. The van der Waals surface area contributed by atoms with E-state index < -0.39 is 0 Å². The van der Waals surface area contributed by atoms with Gasteiger partial charge >= 0.3 is 0 Å². The zero-order valence-corrected chi connectivity index (χ0v) is 11.3. The van der Waals surface area contributed by atoms with Crippen molar-refractivity contribution in [2.24, 2.45) is 0 Å². The third kappa shape index (κ3) is 2.83. The second-order valence-corrected chi connectivity index (χ2v) is 6.12. The number of hydrogen-bond donors (Lipinski definition) is 1. The standard InChI is InChI=1S/C10H8Cl2N2S2/c11-7-2-1-3-8(13)9(7)15-5-6-4-14-10(12)16-6/h1-4H,5,13H2. The van der Waals surface area contributed by atoms with Crippen molar-refractivity contribution in [1.29, 1.82) is 0 Å². The molecule has 0 spiro atoms. The zero-order valence-electron chi connectivity index (χ0n) is 8.11. The first-order chi connectivity index (χ1) is 7.66. The van der Waals surface area contributed by atoms with Gasteiger partial charge in [-0.25, -0.2) is 4.98 Å². The molecule has 1 aromatic carbocycles. The lowest BCUT2D eigenvalue weighted by Gasteiger charge is -2.05. The fourth-order valence-corrected chi connectivity index (χ4v) is 3.50. The molecule has 0 unspecified atom stereocenters. The van der Waals surface area contributed by atoms with Gasteiger partial charge in [-0.1, -0.05) is 29.3 Å². The van der Waals surface area contributed by atoms with Gasteiger partial charge in [0.15, 0.2) is 4.47 Å². The van der Waals surface area contributed by atoms with Gasteiger partial charge in [-0.3, -0.25) is 0 Å². The molecule has 1 aromatic heterocycles. The van der Waals surface area contributed by atoms with E-state index in [1.807, 2.05) is 18.2 Å². The molecule has 0 radical (unpaired) electrons. The van der Waals surface area contributed by atoms with Crippen molar-refractivity contribution < 1.29 is 0 Å². The third-order valence-electron chi connectivity index (χ3n) is 1.88. The molecule has 0 saturated carbocycles. The summed E-state index contributed by atoms with van der Waals surface area (Å²) in [5.41, 5.74) is 6.55. The fraction of sp³-hybridized carbons (Fsp3) is 0.100. The molecule has 0 aliphatic carbocycles. The van der Waals surface area contributed by atoms with Gasteiger partial charge < -0.3 is 5.73 Å². The number of thiazole rings is 1. The number of halogens is 2. The Kier molecular flexibility index (Phi) is 3.97. The highest BCUT2D eigenvalue weighted by Crippen LogP contribution is 2.35. The van der Waals surface area contributed by atoms with E-state index in [4.69, 9.17) is 28.9 Å². The number of nitrogen functional groups attached to an aromatic ring is 1. The van der Waals surface area contributed by atoms with Crippen molar-refractivity contribution in [3.63, 3.8) is 0 Å². The molecule has 2 N–H and O–H groups in total. The van der Waals surface area contributed by atoms with Crippen LogP contribution in [-0.4, -0.2) is 4.98 Å².